The Hall–Kier alpha value is -1.32. The molecule has 4 heteroatoms. The summed E-state index contributed by atoms with van der Waals surface area (Å²) in [5.41, 5.74) is -0.224. The van der Waals surface area contributed by atoms with E-state index in [4.69, 9.17) is 9.47 Å². The maximum Gasteiger partial charge on any atom is 0.338 e. The van der Waals surface area contributed by atoms with Crippen LogP contribution in [0.25, 0.3) is 0 Å². The molecule has 0 aromatic heterocycles. The molecule has 1 fully saturated rings. The SMILES string of the molecule is CCC1=C(C(=O)OC)C2(CCCC2)C(=O)O1. The number of hydrogen-bond acceptors (Lipinski definition) is 4. The molecule has 88 valence electrons. The second-order valence-corrected chi connectivity index (χ2v) is 4.32. The second-order valence-electron chi connectivity index (χ2n) is 4.32. The van der Waals surface area contributed by atoms with Gasteiger partial charge in [0.15, 0.2) is 0 Å². The molecular weight excluding hydrogens is 208 g/mol. The van der Waals surface area contributed by atoms with Crippen molar-refractivity contribution in [1.82, 2.24) is 0 Å². The summed E-state index contributed by atoms with van der Waals surface area (Å²) in [5, 5.41) is 0. The van der Waals surface area contributed by atoms with Gasteiger partial charge in [0.2, 0.25) is 0 Å². The normalized spacial score (nSPS) is 22.8. The number of hydrogen-bond donors (Lipinski definition) is 0. The summed E-state index contributed by atoms with van der Waals surface area (Å²) in [5.74, 6) is -0.175. The molecule has 16 heavy (non-hydrogen) atoms. The Morgan fingerprint density at radius 2 is 2.06 bits per heavy atom. The van der Waals surface area contributed by atoms with Gasteiger partial charge < -0.3 is 9.47 Å². The molecule has 1 aliphatic heterocycles. The predicted octanol–water partition coefficient (Wildman–Crippen LogP) is 1.94. The topological polar surface area (TPSA) is 52.6 Å². The summed E-state index contributed by atoms with van der Waals surface area (Å²) in [6, 6.07) is 0. The molecule has 0 bridgehead atoms. The molecule has 2 aliphatic rings. The molecule has 1 spiro atoms. The van der Waals surface area contributed by atoms with Gasteiger partial charge >= 0.3 is 11.9 Å². The minimum absolute atomic E-state index is 0.262. The van der Waals surface area contributed by atoms with E-state index in [1.807, 2.05) is 6.92 Å². The quantitative estimate of drug-likeness (QED) is 0.672. The van der Waals surface area contributed by atoms with Crippen molar-refractivity contribution < 1.29 is 19.1 Å². The Balaban J connectivity index is 2.46. The number of allylic oxidation sites excluding steroid dienone is 1. The highest BCUT2D eigenvalue weighted by Crippen LogP contribution is 2.51. The van der Waals surface area contributed by atoms with Crippen LogP contribution >= 0.6 is 0 Å². The molecular formula is C12H16O4. The first kappa shape index (κ1) is 11.2. The molecule has 0 atom stereocenters. The number of carbonyl (C=O) groups is 2. The third kappa shape index (κ3) is 1.36. The average molecular weight is 224 g/mol. The van der Waals surface area contributed by atoms with E-state index in [9.17, 15) is 9.59 Å². The van der Waals surface area contributed by atoms with Crippen molar-refractivity contribution in [2.24, 2.45) is 5.41 Å². The Morgan fingerprint density at radius 3 is 2.56 bits per heavy atom. The summed E-state index contributed by atoms with van der Waals surface area (Å²) in [6.45, 7) is 1.87. The van der Waals surface area contributed by atoms with Gasteiger partial charge in [-0.15, -0.1) is 0 Å². The van der Waals surface area contributed by atoms with E-state index in [1.54, 1.807) is 0 Å². The van der Waals surface area contributed by atoms with Crippen molar-refractivity contribution in [2.75, 3.05) is 7.11 Å². The van der Waals surface area contributed by atoms with Crippen LogP contribution in [0.1, 0.15) is 39.0 Å². The van der Waals surface area contributed by atoms with Crippen LogP contribution in [0.15, 0.2) is 11.3 Å². The van der Waals surface area contributed by atoms with E-state index >= 15 is 0 Å². The highest BCUT2D eigenvalue weighted by atomic mass is 16.6. The van der Waals surface area contributed by atoms with Gasteiger partial charge in [0.05, 0.1) is 12.7 Å². The summed E-state index contributed by atoms with van der Waals surface area (Å²) in [4.78, 5) is 23.7. The number of ether oxygens (including phenoxy) is 2. The van der Waals surface area contributed by atoms with Crippen LogP contribution in [0.4, 0.5) is 0 Å². The van der Waals surface area contributed by atoms with E-state index in [0.29, 0.717) is 30.6 Å². The lowest BCUT2D eigenvalue weighted by molar-refractivity contribution is -0.147. The Labute approximate surface area is 94.6 Å². The predicted molar refractivity (Wildman–Crippen MR) is 56.3 cm³/mol. The fraction of sp³-hybridized carbons (Fsp3) is 0.667. The maximum absolute atomic E-state index is 11.9. The average Bonchev–Trinajstić information content (AvgIpc) is 2.87. The molecule has 1 aliphatic carbocycles. The van der Waals surface area contributed by atoms with E-state index in [1.165, 1.54) is 7.11 Å². The smallest absolute Gasteiger partial charge is 0.338 e. The molecule has 0 saturated heterocycles. The van der Waals surface area contributed by atoms with Crippen LogP contribution in [0.2, 0.25) is 0 Å². The molecule has 0 N–H and O–H groups in total. The minimum atomic E-state index is -0.696. The first-order valence-electron chi connectivity index (χ1n) is 5.70. The minimum Gasteiger partial charge on any atom is -0.466 e. The van der Waals surface area contributed by atoms with E-state index < -0.39 is 11.4 Å². The van der Waals surface area contributed by atoms with Gasteiger partial charge in [0.25, 0.3) is 0 Å². The third-order valence-electron chi connectivity index (χ3n) is 3.53. The largest absolute Gasteiger partial charge is 0.466 e. The van der Waals surface area contributed by atoms with Gasteiger partial charge in [-0.05, 0) is 12.8 Å². The summed E-state index contributed by atoms with van der Waals surface area (Å²) in [7, 11) is 1.34. The zero-order valence-corrected chi connectivity index (χ0v) is 9.67. The van der Waals surface area contributed by atoms with Gasteiger partial charge in [-0.25, -0.2) is 4.79 Å². The number of cyclic esters (lactones) is 1. The monoisotopic (exact) mass is 224 g/mol. The van der Waals surface area contributed by atoms with E-state index in [2.05, 4.69) is 0 Å². The molecule has 0 aromatic rings. The zero-order valence-electron chi connectivity index (χ0n) is 9.67. The lowest BCUT2D eigenvalue weighted by Gasteiger charge is -2.20. The highest BCUT2D eigenvalue weighted by Gasteiger charge is 2.54. The first-order chi connectivity index (χ1) is 7.65. The Kier molecular flexibility index (Phi) is 2.74. The van der Waals surface area contributed by atoms with Crippen LogP contribution in [-0.4, -0.2) is 19.0 Å². The molecule has 0 radical (unpaired) electrons. The van der Waals surface area contributed by atoms with Crippen molar-refractivity contribution in [3.05, 3.63) is 11.3 Å². The van der Waals surface area contributed by atoms with Crippen molar-refractivity contribution >= 4 is 11.9 Å². The molecule has 1 heterocycles. The van der Waals surface area contributed by atoms with Crippen LogP contribution in [0.3, 0.4) is 0 Å². The lowest BCUT2D eigenvalue weighted by Crippen LogP contribution is -2.30. The van der Waals surface area contributed by atoms with E-state index in [-0.39, 0.29) is 5.97 Å². The van der Waals surface area contributed by atoms with Crippen molar-refractivity contribution in [1.29, 1.82) is 0 Å². The summed E-state index contributed by atoms with van der Waals surface area (Å²) >= 11 is 0. The fourth-order valence-corrected chi connectivity index (χ4v) is 2.72. The summed E-state index contributed by atoms with van der Waals surface area (Å²) < 4.78 is 10.00. The van der Waals surface area contributed by atoms with Gasteiger partial charge in [0, 0.05) is 6.42 Å². The molecule has 2 rings (SSSR count). The number of carbonyl (C=O) groups excluding carboxylic acids is 2. The zero-order chi connectivity index (χ0) is 11.8. The first-order valence-corrected chi connectivity index (χ1v) is 5.70. The van der Waals surface area contributed by atoms with Crippen molar-refractivity contribution in [3.8, 4) is 0 Å². The van der Waals surface area contributed by atoms with Crippen molar-refractivity contribution in [2.45, 2.75) is 39.0 Å². The Morgan fingerprint density at radius 1 is 1.44 bits per heavy atom. The number of esters is 2. The van der Waals surface area contributed by atoms with Gasteiger partial charge in [-0.1, -0.05) is 19.8 Å². The molecule has 0 aromatic carbocycles. The van der Waals surface area contributed by atoms with Crippen LogP contribution in [0.5, 0.6) is 0 Å². The van der Waals surface area contributed by atoms with Crippen LogP contribution in [-0.2, 0) is 19.1 Å². The van der Waals surface area contributed by atoms with Gasteiger partial charge in [-0.2, -0.15) is 0 Å². The number of methoxy groups -OCH3 is 1. The third-order valence-corrected chi connectivity index (χ3v) is 3.53. The number of rotatable bonds is 2. The fourth-order valence-electron chi connectivity index (χ4n) is 2.72. The molecule has 0 unspecified atom stereocenters. The summed E-state index contributed by atoms with van der Waals surface area (Å²) in [6.07, 6.45) is 3.90. The second kappa shape index (κ2) is 3.92. The van der Waals surface area contributed by atoms with E-state index in [0.717, 1.165) is 12.8 Å². The van der Waals surface area contributed by atoms with Crippen molar-refractivity contribution in [3.63, 3.8) is 0 Å². The van der Waals surface area contributed by atoms with Crippen LogP contribution < -0.4 is 0 Å². The highest BCUT2D eigenvalue weighted by molar-refractivity contribution is 6.01. The lowest BCUT2D eigenvalue weighted by atomic mass is 9.79. The molecule has 4 nitrogen and oxygen atoms in total. The standard InChI is InChI=1S/C12H16O4/c1-3-8-9(10(13)15-2)12(11(14)16-8)6-4-5-7-12/h3-7H2,1-2H3. The Bertz CT molecular complexity index is 361. The maximum atomic E-state index is 11.9. The molecule has 1 saturated carbocycles. The van der Waals surface area contributed by atoms with Gasteiger partial charge in [-0.3, -0.25) is 4.79 Å². The van der Waals surface area contributed by atoms with Gasteiger partial charge in [0.1, 0.15) is 11.2 Å². The molecule has 0 amide bonds. The van der Waals surface area contributed by atoms with Crippen LogP contribution in [0, 0.1) is 5.41 Å².